The van der Waals surface area contributed by atoms with Crippen molar-refractivity contribution in [3.63, 3.8) is 0 Å². The van der Waals surface area contributed by atoms with Gasteiger partial charge in [0.2, 0.25) is 0 Å². The summed E-state index contributed by atoms with van der Waals surface area (Å²) in [6.07, 6.45) is 1.85. The SMILES string of the molecule is O=P([N-][P+]([C-]=Cc1[c-]cccc1)(c1ccccc1)c1ccccc1)(Oc1ccccc1)Oc1ccccc1.[Zr+2]. The van der Waals surface area contributed by atoms with Crippen molar-refractivity contribution in [2.45, 2.75) is 0 Å². The third-order valence-corrected chi connectivity index (χ3v) is 11.0. The predicted molar refractivity (Wildman–Crippen MR) is 157 cm³/mol. The molecule has 5 aromatic carbocycles. The minimum atomic E-state index is -4.16. The Hall–Kier alpha value is -3.06. The quantitative estimate of drug-likeness (QED) is 0.116. The van der Waals surface area contributed by atoms with Gasteiger partial charge in [0.1, 0.15) is 11.5 Å². The first kappa shape index (κ1) is 28.9. The summed E-state index contributed by atoms with van der Waals surface area (Å²) < 4.78 is 26.9. The van der Waals surface area contributed by atoms with Gasteiger partial charge in [-0.1, -0.05) is 80.2 Å². The van der Waals surface area contributed by atoms with E-state index >= 15 is 0 Å². The average Bonchev–Trinajstić information content (AvgIpc) is 2.98. The smallest absolute Gasteiger partial charge is 0.427 e. The van der Waals surface area contributed by atoms with Gasteiger partial charge in [0.25, 0.3) is 0 Å². The third-order valence-electron chi connectivity index (χ3n) is 5.57. The van der Waals surface area contributed by atoms with E-state index in [1.54, 1.807) is 24.3 Å². The number of rotatable bonds is 10. The van der Waals surface area contributed by atoms with Crippen LogP contribution in [0.15, 0.2) is 146 Å². The predicted octanol–water partition coefficient (Wildman–Crippen LogP) is 8.48. The Morgan fingerprint density at radius 3 is 1.51 bits per heavy atom. The number of benzene rings is 5. The number of hydrogen-bond donors (Lipinski definition) is 0. The summed E-state index contributed by atoms with van der Waals surface area (Å²) in [6.45, 7) is 0. The Bertz CT molecular complexity index is 1420. The van der Waals surface area contributed by atoms with Crippen molar-refractivity contribution in [2.75, 3.05) is 0 Å². The molecular formula is C32H25NO3P2Zr. The molecule has 7 heteroatoms. The fraction of sp³-hybridized carbons (Fsp3) is 0. The second-order valence-corrected chi connectivity index (χ2v) is 12.8. The molecule has 39 heavy (non-hydrogen) atoms. The molecule has 0 aliphatic carbocycles. The van der Waals surface area contributed by atoms with E-state index < -0.39 is 15.2 Å². The van der Waals surface area contributed by atoms with Crippen LogP contribution in [0.5, 0.6) is 11.5 Å². The average molecular weight is 625 g/mol. The topological polar surface area (TPSA) is 49.6 Å². The Morgan fingerprint density at radius 1 is 0.641 bits per heavy atom. The molecule has 0 saturated heterocycles. The van der Waals surface area contributed by atoms with Crippen LogP contribution in [0.1, 0.15) is 5.56 Å². The summed E-state index contributed by atoms with van der Waals surface area (Å²) >= 11 is 0. The summed E-state index contributed by atoms with van der Waals surface area (Å²) in [5.41, 5.74) is 0.835. The van der Waals surface area contributed by atoms with E-state index in [2.05, 4.69) is 11.9 Å². The van der Waals surface area contributed by atoms with Gasteiger partial charge in [0, 0.05) is 0 Å². The van der Waals surface area contributed by atoms with Crippen LogP contribution in [0.25, 0.3) is 10.9 Å². The van der Waals surface area contributed by atoms with E-state index in [1.807, 2.05) is 127 Å². The summed E-state index contributed by atoms with van der Waals surface area (Å²) in [7, 11) is -7.13. The zero-order chi connectivity index (χ0) is 26.1. The molecule has 4 nitrogen and oxygen atoms in total. The minimum absolute atomic E-state index is 0. The monoisotopic (exact) mass is 623 g/mol. The summed E-state index contributed by atoms with van der Waals surface area (Å²) in [4.78, 5) is 5.05. The molecule has 0 saturated carbocycles. The van der Waals surface area contributed by atoms with Crippen LogP contribution >= 0.6 is 15.2 Å². The van der Waals surface area contributed by atoms with E-state index in [9.17, 15) is 4.57 Å². The van der Waals surface area contributed by atoms with Crippen molar-refractivity contribution < 1.29 is 39.8 Å². The molecule has 5 rings (SSSR count). The van der Waals surface area contributed by atoms with Gasteiger partial charge in [-0.25, -0.2) is 12.1 Å². The van der Waals surface area contributed by atoms with Crippen molar-refractivity contribution >= 4 is 31.8 Å². The van der Waals surface area contributed by atoms with Gasteiger partial charge in [-0.15, -0.1) is 11.9 Å². The van der Waals surface area contributed by atoms with Crippen LogP contribution < -0.4 is 19.7 Å². The molecule has 0 heterocycles. The van der Waals surface area contributed by atoms with Crippen LogP contribution in [-0.4, -0.2) is 0 Å². The Balaban J connectivity index is 0.00000353. The van der Waals surface area contributed by atoms with Crippen LogP contribution in [0.4, 0.5) is 0 Å². The molecule has 0 atom stereocenters. The molecule has 0 bridgehead atoms. The first-order valence-electron chi connectivity index (χ1n) is 12.1. The maximum atomic E-state index is 14.7. The maximum absolute atomic E-state index is 14.7. The molecule has 190 valence electrons. The molecule has 0 aliphatic heterocycles. The first-order chi connectivity index (χ1) is 18.7. The van der Waals surface area contributed by atoms with Crippen LogP contribution in [0, 0.1) is 11.9 Å². The molecule has 0 radical (unpaired) electrons. The fourth-order valence-electron chi connectivity index (χ4n) is 3.82. The van der Waals surface area contributed by atoms with Gasteiger partial charge < -0.3 is 19.5 Å². The van der Waals surface area contributed by atoms with Gasteiger partial charge in [0.15, 0.2) is 0 Å². The van der Waals surface area contributed by atoms with Gasteiger partial charge in [-0.05, 0) is 48.5 Å². The summed E-state index contributed by atoms with van der Waals surface area (Å²) in [5, 5.41) is 1.74. The Labute approximate surface area is 249 Å². The van der Waals surface area contributed by atoms with E-state index in [0.29, 0.717) is 11.5 Å². The zero-order valence-corrected chi connectivity index (χ0v) is 25.2. The second kappa shape index (κ2) is 13.8. The van der Waals surface area contributed by atoms with E-state index in [-0.39, 0.29) is 26.2 Å². The second-order valence-electron chi connectivity index (χ2n) is 8.26. The number of nitrogens with zero attached hydrogens (tertiary/aromatic N) is 1. The molecule has 0 fully saturated rings. The van der Waals surface area contributed by atoms with Crippen molar-refractivity contribution in [3.05, 3.63) is 168 Å². The molecule has 0 aromatic heterocycles. The first-order valence-corrected chi connectivity index (χ1v) is 15.3. The molecule has 0 unspecified atom stereocenters. The largest absolute Gasteiger partial charge is 2.00 e. The standard InChI is InChI=1S/C32H25NO3P2.Zr/c34-38(35-29-18-8-2-9-19-29,36-30-20-10-3-11-21-30)33-37(31-22-12-4-13-23-31,32-24-14-5-15-25-32)27-26-28-16-6-1-7-17-28;/h1-16,18-26H;/q-2;+2. The normalized spacial score (nSPS) is 11.5. The molecule has 0 amide bonds. The van der Waals surface area contributed by atoms with E-state index in [4.69, 9.17) is 13.9 Å². The van der Waals surface area contributed by atoms with Crippen molar-refractivity contribution in [2.24, 2.45) is 0 Å². The minimum Gasteiger partial charge on any atom is -0.427 e. The molecule has 0 spiro atoms. The Morgan fingerprint density at radius 2 is 1.08 bits per heavy atom. The van der Waals surface area contributed by atoms with Gasteiger partial charge in [-0.2, -0.15) is 12.1 Å². The van der Waals surface area contributed by atoms with Crippen LogP contribution in [0.2, 0.25) is 0 Å². The molecular weight excluding hydrogens is 600 g/mol. The molecule has 5 aromatic rings. The summed E-state index contributed by atoms with van der Waals surface area (Å²) in [6, 6.07) is 48.4. The van der Waals surface area contributed by atoms with Crippen LogP contribution in [0.3, 0.4) is 0 Å². The maximum Gasteiger partial charge on any atom is 2.00 e. The van der Waals surface area contributed by atoms with Crippen molar-refractivity contribution in [3.8, 4) is 11.5 Å². The summed E-state index contributed by atoms with van der Waals surface area (Å²) in [5.74, 6) is 4.36. The molecule has 0 N–H and O–H groups in total. The van der Waals surface area contributed by atoms with Gasteiger partial charge in [0.05, 0.1) is 10.6 Å². The molecule has 0 aliphatic rings. The van der Waals surface area contributed by atoms with Crippen molar-refractivity contribution in [1.29, 1.82) is 0 Å². The number of hydrogen-bond acceptors (Lipinski definition) is 3. The van der Waals surface area contributed by atoms with Gasteiger partial charge >= 0.3 is 33.9 Å². The third kappa shape index (κ3) is 7.53. The Kier molecular flexibility index (Phi) is 10.3. The zero-order valence-electron chi connectivity index (χ0n) is 21.0. The van der Waals surface area contributed by atoms with Crippen molar-refractivity contribution in [1.82, 2.24) is 0 Å². The van der Waals surface area contributed by atoms with E-state index in [0.717, 1.165) is 16.2 Å². The number of para-hydroxylation sites is 2. The van der Waals surface area contributed by atoms with Gasteiger partial charge in [-0.3, -0.25) is 10.6 Å². The fourth-order valence-corrected chi connectivity index (χ4v) is 9.41. The van der Waals surface area contributed by atoms with Crippen LogP contribution in [-0.2, 0) is 30.8 Å². The van der Waals surface area contributed by atoms with E-state index in [1.165, 1.54) is 0 Å².